The van der Waals surface area contributed by atoms with Crippen molar-refractivity contribution in [3.8, 4) is 0 Å². The molecule has 0 radical (unpaired) electrons. The smallest absolute Gasteiger partial charge is 0.338 e. The molecule has 2 aliphatic rings. The number of esters is 1. The first-order valence-corrected chi connectivity index (χ1v) is 7.50. The number of piperidine rings is 1. The zero-order valence-electron chi connectivity index (χ0n) is 11.9. The Labute approximate surface area is 120 Å². The van der Waals surface area contributed by atoms with E-state index in [2.05, 4.69) is 17.5 Å². The molecule has 106 valence electrons. The van der Waals surface area contributed by atoms with Crippen molar-refractivity contribution in [2.75, 3.05) is 19.7 Å². The first kappa shape index (κ1) is 13.4. The minimum absolute atomic E-state index is 0.217. The van der Waals surface area contributed by atoms with E-state index in [1.165, 1.54) is 29.5 Å². The van der Waals surface area contributed by atoms with Gasteiger partial charge in [0.2, 0.25) is 0 Å². The van der Waals surface area contributed by atoms with E-state index in [9.17, 15) is 4.79 Å². The Kier molecular flexibility index (Phi) is 3.88. The molecule has 3 rings (SSSR count). The highest BCUT2D eigenvalue weighted by Gasteiger charge is 2.24. The summed E-state index contributed by atoms with van der Waals surface area (Å²) in [5.74, 6) is 0.455. The minimum Gasteiger partial charge on any atom is -0.462 e. The number of hydrogen-bond donors (Lipinski definition) is 1. The van der Waals surface area contributed by atoms with Crippen LogP contribution < -0.4 is 5.32 Å². The highest BCUT2D eigenvalue weighted by Crippen LogP contribution is 2.37. The number of rotatable bonds is 3. The van der Waals surface area contributed by atoms with Crippen LogP contribution in [-0.4, -0.2) is 25.7 Å². The van der Waals surface area contributed by atoms with Crippen molar-refractivity contribution < 1.29 is 9.53 Å². The molecule has 1 aromatic carbocycles. The van der Waals surface area contributed by atoms with Gasteiger partial charge >= 0.3 is 5.97 Å². The SMILES string of the molecule is CCOC(=O)c1ccc2c(c1)CC=C2C1CCNCC1. The van der Waals surface area contributed by atoms with E-state index in [1.807, 2.05) is 19.1 Å². The summed E-state index contributed by atoms with van der Waals surface area (Å²) in [6.07, 6.45) is 5.72. The van der Waals surface area contributed by atoms with Crippen LogP contribution in [-0.2, 0) is 11.2 Å². The number of carbonyl (C=O) groups excluding carboxylic acids is 1. The second-order valence-corrected chi connectivity index (χ2v) is 5.48. The van der Waals surface area contributed by atoms with Crippen molar-refractivity contribution in [2.45, 2.75) is 26.2 Å². The molecule has 1 fully saturated rings. The number of benzene rings is 1. The molecule has 0 aromatic heterocycles. The zero-order valence-corrected chi connectivity index (χ0v) is 11.9. The normalized spacial score (nSPS) is 18.6. The number of fused-ring (bicyclic) bond motifs is 1. The van der Waals surface area contributed by atoms with Gasteiger partial charge in [-0.15, -0.1) is 0 Å². The monoisotopic (exact) mass is 271 g/mol. The van der Waals surface area contributed by atoms with Gasteiger partial charge in [0.25, 0.3) is 0 Å². The molecule has 0 atom stereocenters. The molecule has 1 aliphatic heterocycles. The lowest BCUT2D eigenvalue weighted by Crippen LogP contribution is -2.28. The number of hydrogen-bond acceptors (Lipinski definition) is 3. The molecule has 20 heavy (non-hydrogen) atoms. The second-order valence-electron chi connectivity index (χ2n) is 5.48. The summed E-state index contributed by atoms with van der Waals surface area (Å²) in [6.45, 7) is 4.48. The standard InChI is InChI=1S/C17H21NO2/c1-2-20-17(19)14-4-6-16-13(11-14)3-5-15(16)12-7-9-18-10-8-12/h4-6,11-12,18H,2-3,7-10H2,1H3. The van der Waals surface area contributed by atoms with Crippen molar-refractivity contribution in [3.63, 3.8) is 0 Å². The summed E-state index contributed by atoms with van der Waals surface area (Å²) in [6, 6.07) is 6.00. The molecular formula is C17H21NO2. The Bertz CT molecular complexity index is 542. The molecule has 1 N–H and O–H groups in total. The first-order valence-electron chi connectivity index (χ1n) is 7.50. The Morgan fingerprint density at radius 3 is 2.90 bits per heavy atom. The molecular weight excluding hydrogens is 250 g/mol. The molecule has 1 aliphatic carbocycles. The first-order chi connectivity index (χ1) is 9.79. The van der Waals surface area contributed by atoms with Crippen LogP contribution in [0.5, 0.6) is 0 Å². The van der Waals surface area contributed by atoms with E-state index in [0.717, 1.165) is 19.5 Å². The van der Waals surface area contributed by atoms with Gasteiger partial charge in [-0.3, -0.25) is 0 Å². The Morgan fingerprint density at radius 2 is 2.15 bits per heavy atom. The summed E-state index contributed by atoms with van der Waals surface area (Å²) in [5.41, 5.74) is 4.76. The molecule has 1 saturated heterocycles. The third-order valence-electron chi connectivity index (χ3n) is 4.25. The van der Waals surface area contributed by atoms with Gasteiger partial charge in [-0.1, -0.05) is 12.1 Å². The number of nitrogens with one attached hydrogen (secondary N) is 1. The number of ether oxygens (including phenoxy) is 1. The van der Waals surface area contributed by atoms with Gasteiger partial charge < -0.3 is 10.1 Å². The van der Waals surface area contributed by atoms with Crippen molar-refractivity contribution in [1.82, 2.24) is 5.32 Å². The van der Waals surface area contributed by atoms with Gasteiger partial charge in [0, 0.05) is 0 Å². The summed E-state index contributed by atoms with van der Waals surface area (Å²) in [4.78, 5) is 11.8. The zero-order chi connectivity index (χ0) is 13.9. The van der Waals surface area contributed by atoms with Gasteiger partial charge in [-0.05, 0) is 74.0 Å². The van der Waals surface area contributed by atoms with Gasteiger partial charge in [-0.2, -0.15) is 0 Å². The molecule has 0 spiro atoms. The quantitative estimate of drug-likeness (QED) is 0.859. The Hall–Kier alpha value is -1.61. The van der Waals surface area contributed by atoms with E-state index < -0.39 is 0 Å². The topological polar surface area (TPSA) is 38.3 Å². The second kappa shape index (κ2) is 5.80. The molecule has 0 amide bonds. The van der Waals surface area contributed by atoms with Crippen LogP contribution in [0.3, 0.4) is 0 Å². The van der Waals surface area contributed by atoms with Crippen LogP contribution in [0.15, 0.2) is 24.3 Å². The van der Waals surface area contributed by atoms with Gasteiger partial charge in [-0.25, -0.2) is 4.79 Å². The molecule has 0 bridgehead atoms. The maximum atomic E-state index is 11.8. The minimum atomic E-state index is -0.217. The Balaban J connectivity index is 1.81. The van der Waals surface area contributed by atoms with Crippen molar-refractivity contribution in [1.29, 1.82) is 0 Å². The Morgan fingerprint density at radius 1 is 1.35 bits per heavy atom. The highest BCUT2D eigenvalue weighted by molar-refractivity contribution is 5.91. The van der Waals surface area contributed by atoms with Crippen LogP contribution in [0.4, 0.5) is 0 Å². The molecule has 1 aromatic rings. The molecule has 1 heterocycles. The van der Waals surface area contributed by atoms with Crippen molar-refractivity contribution in [2.24, 2.45) is 5.92 Å². The molecule has 3 nitrogen and oxygen atoms in total. The van der Waals surface area contributed by atoms with Crippen LogP contribution in [0.2, 0.25) is 0 Å². The lowest BCUT2D eigenvalue weighted by atomic mass is 9.86. The predicted molar refractivity (Wildman–Crippen MR) is 79.7 cm³/mol. The third kappa shape index (κ3) is 2.50. The van der Waals surface area contributed by atoms with Crippen LogP contribution >= 0.6 is 0 Å². The summed E-state index contributed by atoms with van der Waals surface area (Å²) < 4.78 is 5.07. The lowest BCUT2D eigenvalue weighted by molar-refractivity contribution is 0.0526. The average Bonchev–Trinajstić information content (AvgIpc) is 2.91. The number of carbonyl (C=O) groups is 1. The van der Waals surface area contributed by atoms with Gasteiger partial charge in [0.05, 0.1) is 12.2 Å². The van der Waals surface area contributed by atoms with E-state index in [1.54, 1.807) is 0 Å². The summed E-state index contributed by atoms with van der Waals surface area (Å²) in [5, 5.41) is 3.41. The van der Waals surface area contributed by atoms with Gasteiger partial charge in [0.1, 0.15) is 0 Å². The highest BCUT2D eigenvalue weighted by atomic mass is 16.5. The fraction of sp³-hybridized carbons (Fsp3) is 0.471. The van der Waals surface area contributed by atoms with E-state index in [0.29, 0.717) is 18.1 Å². The van der Waals surface area contributed by atoms with Crippen LogP contribution in [0.1, 0.15) is 41.3 Å². The largest absolute Gasteiger partial charge is 0.462 e. The van der Waals surface area contributed by atoms with Gasteiger partial charge in [0.15, 0.2) is 0 Å². The third-order valence-corrected chi connectivity index (χ3v) is 4.25. The van der Waals surface area contributed by atoms with Crippen molar-refractivity contribution in [3.05, 3.63) is 41.0 Å². The van der Waals surface area contributed by atoms with E-state index in [-0.39, 0.29) is 5.97 Å². The molecule has 0 saturated carbocycles. The predicted octanol–water partition coefficient (Wildman–Crippen LogP) is 2.80. The fourth-order valence-electron chi connectivity index (χ4n) is 3.23. The van der Waals surface area contributed by atoms with Crippen LogP contribution in [0, 0.1) is 5.92 Å². The lowest BCUT2D eigenvalue weighted by Gasteiger charge is -2.24. The molecule has 0 unspecified atom stereocenters. The van der Waals surface area contributed by atoms with E-state index in [4.69, 9.17) is 4.74 Å². The fourth-order valence-corrected chi connectivity index (χ4v) is 3.23. The summed E-state index contributed by atoms with van der Waals surface area (Å²) >= 11 is 0. The average molecular weight is 271 g/mol. The maximum absolute atomic E-state index is 11.8. The number of allylic oxidation sites excluding steroid dienone is 2. The molecule has 3 heteroatoms. The maximum Gasteiger partial charge on any atom is 0.338 e. The summed E-state index contributed by atoms with van der Waals surface area (Å²) in [7, 11) is 0. The van der Waals surface area contributed by atoms with E-state index >= 15 is 0 Å². The van der Waals surface area contributed by atoms with Crippen molar-refractivity contribution >= 4 is 11.5 Å². The van der Waals surface area contributed by atoms with Crippen LogP contribution in [0.25, 0.3) is 5.57 Å².